The van der Waals surface area contributed by atoms with Crippen LogP contribution in [0.15, 0.2) is 12.1 Å². The minimum atomic E-state index is -0.938. The second kappa shape index (κ2) is 4.25. The van der Waals surface area contributed by atoms with Gasteiger partial charge in [0.2, 0.25) is 0 Å². The number of hydrogen-bond acceptors (Lipinski definition) is 2. The Kier molecular flexibility index (Phi) is 3.27. The zero-order valence-corrected chi connectivity index (χ0v) is 6.69. The summed E-state index contributed by atoms with van der Waals surface area (Å²) in [5, 5.41) is 0. The van der Waals surface area contributed by atoms with Crippen LogP contribution in [0, 0.1) is 17.5 Å². The van der Waals surface area contributed by atoms with E-state index in [-0.39, 0.29) is 18.6 Å². The maximum Gasteiger partial charge on any atom is 0.132 e. The third-order valence-corrected chi connectivity index (χ3v) is 1.58. The van der Waals surface area contributed by atoms with E-state index in [1.165, 1.54) is 0 Å². The number of benzene rings is 1. The molecule has 0 aromatic heterocycles. The Balaban J connectivity index is 2.92. The monoisotopic (exact) mass is 191 g/mol. The first kappa shape index (κ1) is 10.0. The van der Waals surface area contributed by atoms with Gasteiger partial charge in [0.1, 0.15) is 17.5 Å². The molecule has 1 aromatic carbocycles. The van der Waals surface area contributed by atoms with Crippen molar-refractivity contribution in [1.82, 2.24) is 0 Å². The lowest BCUT2D eigenvalue weighted by Gasteiger charge is -2.03. The first-order chi connectivity index (χ1) is 6.15. The van der Waals surface area contributed by atoms with E-state index < -0.39 is 17.5 Å². The van der Waals surface area contributed by atoms with Crippen LogP contribution in [-0.4, -0.2) is 6.61 Å². The quantitative estimate of drug-likeness (QED) is 0.735. The van der Waals surface area contributed by atoms with Gasteiger partial charge < -0.3 is 4.84 Å². The van der Waals surface area contributed by atoms with Crippen molar-refractivity contribution >= 4 is 0 Å². The molecule has 0 aliphatic heterocycles. The van der Waals surface area contributed by atoms with Gasteiger partial charge in [-0.2, -0.15) is 0 Å². The van der Waals surface area contributed by atoms with E-state index >= 15 is 0 Å². The molecule has 0 bridgehead atoms. The summed E-state index contributed by atoms with van der Waals surface area (Å²) in [6, 6.07) is 1.24. The average Bonchev–Trinajstić information content (AvgIpc) is 2.02. The molecule has 0 aliphatic carbocycles. The Morgan fingerprint density at radius 3 is 2.15 bits per heavy atom. The molecule has 72 valence electrons. The molecule has 1 rings (SSSR count). The maximum absolute atomic E-state index is 12.9. The molecule has 0 spiro atoms. The molecule has 0 fully saturated rings. The SMILES string of the molecule is NOCCc1c(F)cc(F)cc1F. The highest BCUT2D eigenvalue weighted by Gasteiger charge is 2.10. The van der Waals surface area contributed by atoms with E-state index in [9.17, 15) is 13.2 Å². The summed E-state index contributed by atoms with van der Waals surface area (Å²) < 4.78 is 38.1. The second-order valence-electron chi connectivity index (χ2n) is 2.47. The van der Waals surface area contributed by atoms with Crippen LogP contribution in [-0.2, 0) is 11.3 Å². The second-order valence-corrected chi connectivity index (χ2v) is 2.47. The standard InChI is InChI=1S/C8H8F3NO/c9-5-3-7(10)6(1-2-13-12)8(11)4-5/h3-4H,1-2,12H2. The van der Waals surface area contributed by atoms with Gasteiger partial charge in [-0.05, 0) is 0 Å². The van der Waals surface area contributed by atoms with Crippen LogP contribution in [0.25, 0.3) is 0 Å². The molecule has 0 radical (unpaired) electrons. The van der Waals surface area contributed by atoms with Gasteiger partial charge in [0.05, 0.1) is 6.61 Å². The molecule has 0 atom stereocenters. The lowest BCUT2D eigenvalue weighted by Crippen LogP contribution is -2.07. The number of halogens is 3. The van der Waals surface area contributed by atoms with Crippen LogP contribution in [0.3, 0.4) is 0 Å². The molecule has 0 saturated carbocycles. The Labute approximate surface area is 73.1 Å². The van der Waals surface area contributed by atoms with Crippen LogP contribution < -0.4 is 5.90 Å². The molecular weight excluding hydrogens is 183 g/mol. The van der Waals surface area contributed by atoms with Gasteiger partial charge in [-0.1, -0.05) is 0 Å². The summed E-state index contributed by atoms with van der Waals surface area (Å²) in [5.74, 6) is 1.91. The first-order valence-corrected chi connectivity index (χ1v) is 3.60. The van der Waals surface area contributed by atoms with Crippen molar-refractivity contribution in [1.29, 1.82) is 0 Å². The molecular formula is C8H8F3NO. The van der Waals surface area contributed by atoms with E-state index in [0.717, 1.165) is 0 Å². The van der Waals surface area contributed by atoms with Crippen LogP contribution in [0.5, 0.6) is 0 Å². The van der Waals surface area contributed by atoms with Crippen molar-refractivity contribution in [3.05, 3.63) is 35.1 Å². The topological polar surface area (TPSA) is 35.2 Å². The largest absolute Gasteiger partial charge is 0.304 e. The first-order valence-electron chi connectivity index (χ1n) is 3.60. The predicted octanol–water partition coefficient (Wildman–Crippen LogP) is 1.54. The van der Waals surface area contributed by atoms with Gasteiger partial charge in [0.15, 0.2) is 0 Å². The van der Waals surface area contributed by atoms with Crippen molar-refractivity contribution in [3.8, 4) is 0 Å². The molecule has 2 N–H and O–H groups in total. The number of nitrogens with two attached hydrogens (primary N) is 1. The minimum absolute atomic E-state index is 0.0144. The van der Waals surface area contributed by atoms with Crippen molar-refractivity contribution in [2.24, 2.45) is 5.90 Å². The van der Waals surface area contributed by atoms with Crippen molar-refractivity contribution < 1.29 is 18.0 Å². The Bertz CT molecular complexity index is 280. The van der Waals surface area contributed by atoms with Crippen LogP contribution in [0.4, 0.5) is 13.2 Å². The molecule has 0 heterocycles. The lowest BCUT2D eigenvalue weighted by atomic mass is 10.1. The summed E-state index contributed by atoms with van der Waals surface area (Å²) in [5.41, 5.74) is -0.216. The Hall–Kier alpha value is -1.07. The minimum Gasteiger partial charge on any atom is -0.304 e. The normalized spacial score (nSPS) is 10.5. The molecule has 0 unspecified atom stereocenters. The zero-order valence-electron chi connectivity index (χ0n) is 6.69. The number of rotatable bonds is 3. The van der Waals surface area contributed by atoms with Gasteiger partial charge in [-0.25, -0.2) is 19.1 Å². The average molecular weight is 191 g/mol. The van der Waals surface area contributed by atoms with Crippen molar-refractivity contribution in [2.45, 2.75) is 6.42 Å². The molecule has 1 aromatic rings. The van der Waals surface area contributed by atoms with Crippen LogP contribution in [0.1, 0.15) is 5.56 Å². The zero-order chi connectivity index (χ0) is 9.84. The Morgan fingerprint density at radius 1 is 1.15 bits per heavy atom. The van der Waals surface area contributed by atoms with E-state index in [2.05, 4.69) is 10.7 Å². The summed E-state index contributed by atoms with van der Waals surface area (Å²) in [4.78, 5) is 4.16. The van der Waals surface area contributed by atoms with E-state index in [4.69, 9.17) is 0 Å². The molecule has 0 aliphatic rings. The van der Waals surface area contributed by atoms with Crippen molar-refractivity contribution in [3.63, 3.8) is 0 Å². The predicted molar refractivity (Wildman–Crippen MR) is 40.2 cm³/mol. The molecule has 5 heteroatoms. The summed E-state index contributed by atoms with van der Waals surface area (Å²) in [6.45, 7) is -0.0144. The fourth-order valence-electron chi connectivity index (χ4n) is 0.972. The maximum atomic E-state index is 12.9. The highest BCUT2D eigenvalue weighted by atomic mass is 19.1. The third kappa shape index (κ3) is 2.43. The fraction of sp³-hybridized carbons (Fsp3) is 0.250. The van der Waals surface area contributed by atoms with Gasteiger partial charge in [-0.15, -0.1) is 0 Å². The van der Waals surface area contributed by atoms with Gasteiger partial charge in [0, 0.05) is 24.1 Å². The number of hydrogen-bond donors (Lipinski definition) is 1. The van der Waals surface area contributed by atoms with Crippen molar-refractivity contribution in [2.75, 3.05) is 6.61 Å². The molecule has 0 saturated heterocycles. The fourth-order valence-corrected chi connectivity index (χ4v) is 0.972. The molecule has 2 nitrogen and oxygen atoms in total. The van der Waals surface area contributed by atoms with E-state index in [1.54, 1.807) is 0 Å². The van der Waals surface area contributed by atoms with Gasteiger partial charge in [0.25, 0.3) is 0 Å². The Morgan fingerprint density at radius 2 is 1.69 bits per heavy atom. The molecule has 13 heavy (non-hydrogen) atoms. The summed E-state index contributed by atoms with van der Waals surface area (Å²) in [7, 11) is 0. The summed E-state index contributed by atoms with van der Waals surface area (Å²) >= 11 is 0. The van der Waals surface area contributed by atoms with E-state index in [0.29, 0.717) is 12.1 Å². The lowest BCUT2D eigenvalue weighted by molar-refractivity contribution is 0.140. The molecule has 0 amide bonds. The highest BCUT2D eigenvalue weighted by molar-refractivity contribution is 5.20. The highest BCUT2D eigenvalue weighted by Crippen LogP contribution is 2.14. The van der Waals surface area contributed by atoms with E-state index in [1.807, 2.05) is 0 Å². The van der Waals surface area contributed by atoms with Crippen LogP contribution >= 0.6 is 0 Å². The van der Waals surface area contributed by atoms with Crippen LogP contribution in [0.2, 0.25) is 0 Å². The third-order valence-electron chi connectivity index (χ3n) is 1.58. The van der Waals surface area contributed by atoms with Gasteiger partial charge >= 0.3 is 0 Å². The summed E-state index contributed by atoms with van der Waals surface area (Å²) in [6.07, 6.45) is -0.0194. The van der Waals surface area contributed by atoms with Gasteiger partial charge in [-0.3, -0.25) is 0 Å². The smallest absolute Gasteiger partial charge is 0.132 e.